The lowest BCUT2D eigenvalue weighted by Gasteiger charge is -2.46. The lowest BCUT2D eigenvalue weighted by Crippen LogP contribution is -2.61. The van der Waals surface area contributed by atoms with E-state index < -0.39 is 0 Å². The fourth-order valence-corrected chi connectivity index (χ4v) is 4.13. The average molecular weight is 329 g/mol. The zero-order valence-corrected chi connectivity index (χ0v) is 13.9. The van der Waals surface area contributed by atoms with Gasteiger partial charge in [0.1, 0.15) is 0 Å². The standard InChI is InChI=1S/C17H19N3O2S/c1-22-16-3-2-12(8-18-16)17(21)20-10-14(11-20)19-6-4-15-13(9-19)5-7-23-15/h2-3,5,7-8,14H,4,6,9-11H2,1H3. The summed E-state index contributed by atoms with van der Waals surface area (Å²) in [4.78, 5) is 22.5. The molecule has 23 heavy (non-hydrogen) atoms. The summed E-state index contributed by atoms with van der Waals surface area (Å²) in [7, 11) is 1.57. The number of aromatic nitrogens is 1. The van der Waals surface area contributed by atoms with Crippen LogP contribution in [-0.2, 0) is 13.0 Å². The summed E-state index contributed by atoms with van der Waals surface area (Å²) in [6.45, 7) is 3.74. The second-order valence-electron chi connectivity index (χ2n) is 6.04. The van der Waals surface area contributed by atoms with Crippen LogP contribution in [0.1, 0.15) is 20.8 Å². The molecule has 2 aromatic heterocycles. The number of likely N-dealkylation sites (tertiary alicyclic amines) is 1. The number of hydrogen-bond donors (Lipinski definition) is 0. The first kappa shape index (κ1) is 14.7. The zero-order chi connectivity index (χ0) is 15.8. The van der Waals surface area contributed by atoms with Gasteiger partial charge in [-0.1, -0.05) is 0 Å². The van der Waals surface area contributed by atoms with Crippen molar-refractivity contribution in [2.45, 2.75) is 19.0 Å². The molecular weight excluding hydrogens is 310 g/mol. The van der Waals surface area contributed by atoms with Crippen molar-refractivity contribution in [1.29, 1.82) is 0 Å². The number of methoxy groups -OCH3 is 1. The number of thiophene rings is 1. The third-order valence-electron chi connectivity index (χ3n) is 4.70. The highest BCUT2D eigenvalue weighted by molar-refractivity contribution is 7.10. The average Bonchev–Trinajstić information content (AvgIpc) is 3.01. The minimum absolute atomic E-state index is 0.0598. The lowest BCUT2D eigenvalue weighted by atomic mass is 10.0. The molecular formula is C17H19N3O2S. The Hall–Kier alpha value is -1.92. The molecule has 4 rings (SSSR count). The number of carbonyl (C=O) groups excluding carboxylic acids is 1. The van der Waals surface area contributed by atoms with Gasteiger partial charge >= 0.3 is 0 Å². The molecule has 0 N–H and O–H groups in total. The van der Waals surface area contributed by atoms with Gasteiger partial charge in [-0.15, -0.1) is 11.3 Å². The molecule has 0 unspecified atom stereocenters. The van der Waals surface area contributed by atoms with Crippen molar-refractivity contribution in [2.24, 2.45) is 0 Å². The second kappa shape index (κ2) is 5.94. The Labute approximate surface area is 139 Å². The molecule has 5 nitrogen and oxygen atoms in total. The van der Waals surface area contributed by atoms with Crippen molar-refractivity contribution in [1.82, 2.24) is 14.8 Å². The van der Waals surface area contributed by atoms with E-state index in [1.165, 1.54) is 10.4 Å². The predicted molar refractivity (Wildman–Crippen MR) is 88.9 cm³/mol. The van der Waals surface area contributed by atoms with Crippen LogP contribution >= 0.6 is 11.3 Å². The van der Waals surface area contributed by atoms with Gasteiger partial charge in [0.05, 0.1) is 12.7 Å². The fourth-order valence-electron chi connectivity index (χ4n) is 3.24. The first-order chi connectivity index (χ1) is 11.2. The summed E-state index contributed by atoms with van der Waals surface area (Å²) in [5.41, 5.74) is 2.09. The van der Waals surface area contributed by atoms with E-state index >= 15 is 0 Å². The van der Waals surface area contributed by atoms with E-state index in [0.717, 1.165) is 32.6 Å². The van der Waals surface area contributed by atoms with Gasteiger partial charge in [-0.25, -0.2) is 4.98 Å². The van der Waals surface area contributed by atoms with Gasteiger partial charge in [0.15, 0.2) is 0 Å². The third-order valence-corrected chi connectivity index (χ3v) is 5.72. The molecule has 6 heteroatoms. The van der Waals surface area contributed by atoms with Crippen LogP contribution < -0.4 is 4.74 Å². The Morgan fingerprint density at radius 3 is 2.96 bits per heavy atom. The molecule has 2 aliphatic rings. The number of amides is 1. The topological polar surface area (TPSA) is 45.7 Å². The van der Waals surface area contributed by atoms with Gasteiger partial charge in [-0.3, -0.25) is 9.69 Å². The molecule has 0 radical (unpaired) electrons. The minimum atomic E-state index is 0.0598. The van der Waals surface area contributed by atoms with Crippen LogP contribution in [0.3, 0.4) is 0 Å². The molecule has 0 bridgehead atoms. The summed E-state index contributed by atoms with van der Waals surface area (Å²) in [6, 6.07) is 6.22. The van der Waals surface area contributed by atoms with Crippen LogP contribution in [0.5, 0.6) is 5.88 Å². The molecule has 0 aliphatic carbocycles. The highest BCUT2D eigenvalue weighted by Gasteiger charge is 2.36. The summed E-state index contributed by atoms with van der Waals surface area (Å²) in [5.74, 6) is 0.590. The highest BCUT2D eigenvalue weighted by atomic mass is 32.1. The number of pyridine rings is 1. The third kappa shape index (κ3) is 2.72. The normalized spacial score (nSPS) is 18.4. The fraction of sp³-hybridized carbons (Fsp3) is 0.412. The summed E-state index contributed by atoms with van der Waals surface area (Å²) < 4.78 is 5.03. The maximum atomic E-state index is 12.4. The quantitative estimate of drug-likeness (QED) is 0.864. The van der Waals surface area contributed by atoms with E-state index in [0.29, 0.717) is 17.5 Å². The summed E-state index contributed by atoms with van der Waals surface area (Å²) >= 11 is 1.86. The van der Waals surface area contributed by atoms with Crippen LogP contribution in [0.4, 0.5) is 0 Å². The first-order valence-electron chi connectivity index (χ1n) is 7.83. The van der Waals surface area contributed by atoms with E-state index in [1.807, 2.05) is 16.2 Å². The Morgan fingerprint density at radius 1 is 1.35 bits per heavy atom. The van der Waals surface area contributed by atoms with Gasteiger partial charge in [0.2, 0.25) is 5.88 Å². The number of nitrogens with zero attached hydrogens (tertiary/aromatic N) is 3. The Morgan fingerprint density at radius 2 is 2.22 bits per heavy atom. The Bertz CT molecular complexity index is 707. The molecule has 0 saturated carbocycles. The predicted octanol–water partition coefficient (Wildman–Crippen LogP) is 2.03. The van der Waals surface area contributed by atoms with Crippen LogP contribution in [0.2, 0.25) is 0 Å². The first-order valence-corrected chi connectivity index (χ1v) is 8.71. The highest BCUT2D eigenvalue weighted by Crippen LogP contribution is 2.28. The Balaban J connectivity index is 1.35. The largest absolute Gasteiger partial charge is 0.481 e. The molecule has 1 amide bonds. The molecule has 0 aromatic carbocycles. The maximum absolute atomic E-state index is 12.4. The summed E-state index contributed by atoms with van der Waals surface area (Å²) in [6.07, 6.45) is 2.73. The van der Waals surface area contributed by atoms with Crippen molar-refractivity contribution in [3.63, 3.8) is 0 Å². The van der Waals surface area contributed by atoms with Crippen molar-refractivity contribution in [3.05, 3.63) is 45.8 Å². The second-order valence-corrected chi connectivity index (χ2v) is 7.04. The number of ether oxygens (including phenoxy) is 1. The van der Waals surface area contributed by atoms with E-state index in [2.05, 4.69) is 21.3 Å². The van der Waals surface area contributed by atoms with Gasteiger partial charge in [-0.2, -0.15) is 0 Å². The number of fused-ring (bicyclic) bond motifs is 1. The molecule has 2 aromatic rings. The number of hydrogen-bond acceptors (Lipinski definition) is 5. The molecule has 4 heterocycles. The summed E-state index contributed by atoms with van der Waals surface area (Å²) in [5, 5.41) is 2.18. The molecule has 2 aliphatic heterocycles. The van der Waals surface area contributed by atoms with Crippen LogP contribution in [0.25, 0.3) is 0 Å². The van der Waals surface area contributed by atoms with Crippen LogP contribution in [0.15, 0.2) is 29.8 Å². The molecule has 120 valence electrons. The number of carbonyl (C=O) groups is 1. The van der Waals surface area contributed by atoms with Gasteiger partial charge in [-0.05, 0) is 29.5 Å². The monoisotopic (exact) mass is 329 g/mol. The SMILES string of the molecule is COc1ccc(C(=O)N2CC(N3CCc4sccc4C3)C2)cn1. The molecule has 1 saturated heterocycles. The molecule has 1 fully saturated rings. The minimum Gasteiger partial charge on any atom is -0.481 e. The van der Waals surface area contributed by atoms with Crippen molar-refractivity contribution < 1.29 is 9.53 Å². The number of rotatable bonds is 3. The van der Waals surface area contributed by atoms with E-state index in [4.69, 9.17) is 4.74 Å². The van der Waals surface area contributed by atoms with Gasteiger partial charge in [0.25, 0.3) is 5.91 Å². The van der Waals surface area contributed by atoms with Crippen molar-refractivity contribution >= 4 is 17.2 Å². The van der Waals surface area contributed by atoms with Crippen molar-refractivity contribution in [3.8, 4) is 5.88 Å². The smallest absolute Gasteiger partial charge is 0.255 e. The van der Waals surface area contributed by atoms with E-state index in [1.54, 1.807) is 25.4 Å². The zero-order valence-electron chi connectivity index (χ0n) is 13.1. The maximum Gasteiger partial charge on any atom is 0.255 e. The van der Waals surface area contributed by atoms with Crippen LogP contribution in [0, 0.1) is 0 Å². The van der Waals surface area contributed by atoms with E-state index in [-0.39, 0.29) is 5.91 Å². The van der Waals surface area contributed by atoms with Crippen LogP contribution in [-0.4, -0.2) is 53.5 Å². The van der Waals surface area contributed by atoms with E-state index in [9.17, 15) is 4.79 Å². The van der Waals surface area contributed by atoms with Gasteiger partial charge in [0, 0.05) is 49.4 Å². The molecule has 0 spiro atoms. The van der Waals surface area contributed by atoms with Crippen molar-refractivity contribution in [2.75, 3.05) is 26.7 Å². The Kier molecular flexibility index (Phi) is 3.79. The lowest BCUT2D eigenvalue weighted by molar-refractivity contribution is 0.0220. The molecule has 0 atom stereocenters. The van der Waals surface area contributed by atoms with Gasteiger partial charge < -0.3 is 9.64 Å².